The summed E-state index contributed by atoms with van der Waals surface area (Å²) < 4.78 is 0.834. The predicted molar refractivity (Wildman–Crippen MR) is 79.1 cm³/mol. The van der Waals surface area contributed by atoms with E-state index in [1.165, 1.54) is 6.42 Å². The van der Waals surface area contributed by atoms with Crippen molar-refractivity contribution in [1.29, 1.82) is 0 Å². The van der Waals surface area contributed by atoms with Gasteiger partial charge in [-0.1, -0.05) is 0 Å². The highest BCUT2D eigenvalue weighted by Crippen LogP contribution is 2.15. The van der Waals surface area contributed by atoms with E-state index < -0.39 is 0 Å². The summed E-state index contributed by atoms with van der Waals surface area (Å²) in [6.07, 6.45) is 5.66. The fourth-order valence-corrected chi connectivity index (χ4v) is 2.74. The van der Waals surface area contributed by atoms with Crippen molar-refractivity contribution in [2.45, 2.75) is 38.8 Å². The average molecular weight is 326 g/mol. The highest BCUT2D eigenvalue weighted by atomic mass is 79.9. The molecule has 0 saturated carbocycles. The van der Waals surface area contributed by atoms with Crippen molar-refractivity contribution in [2.24, 2.45) is 0 Å². The summed E-state index contributed by atoms with van der Waals surface area (Å²) in [6.45, 7) is 5.93. The van der Waals surface area contributed by atoms with Crippen LogP contribution in [0.15, 0.2) is 22.9 Å². The smallest absolute Gasteiger partial charge is 0.255 e. The van der Waals surface area contributed by atoms with Gasteiger partial charge in [0.2, 0.25) is 0 Å². The van der Waals surface area contributed by atoms with Crippen LogP contribution >= 0.6 is 15.9 Å². The molecule has 1 aromatic heterocycles. The van der Waals surface area contributed by atoms with E-state index in [0.29, 0.717) is 11.6 Å². The van der Waals surface area contributed by atoms with Crippen LogP contribution < -0.4 is 5.32 Å². The summed E-state index contributed by atoms with van der Waals surface area (Å²) in [5.41, 5.74) is 0.640. The van der Waals surface area contributed by atoms with E-state index in [-0.39, 0.29) is 11.9 Å². The van der Waals surface area contributed by atoms with Gasteiger partial charge in [0.15, 0.2) is 0 Å². The molecule has 1 aliphatic rings. The second-order valence-corrected chi connectivity index (χ2v) is 6.15. The van der Waals surface area contributed by atoms with Gasteiger partial charge in [-0.2, -0.15) is 0 Å². The second kappa shape index (κ2) is 6.48. The van der Waals surface area contributed by atoms with Gasteiger partial charge in [0.05, 0.1) is 5.56 Å². The fourth-order valence-electron chi connectivity index (χ4n) is 2.37. The first-order valence-electron chi connectivity index (χ1n) is 6.73. The van der Waals surface area contributed by atoms with Gasteiger partial charge in [0.1, 0.15) is 0 Å². The molecule has 2 heterocycles. The highest BCUT2D eigenvalue weighted by Gasteiger charge is 2.24. The number of hydrogen-bond acceptors (Lipinski definition) is 3. The van der Waals surface area contributed by atoms with Crippen LogP contribution in [0.5, 0.6) is 0 Å². The Morgan fingerprint density at radius 2 is 2.37 bits per heavy atom. The molecular weight excluding hydrogens is 306 g/mol. The maximum absolute atomic E-state index is 12.6. The van der Waals surface area contributed by atoms with E-state index >= 15 is 0 Å². The van der Waals surface area contributed by atoms with Crippen LogP contribution in [0.3, 0.4) is 0 Å². The number of rotatable bonds is 4. The number of halogens is 1. The highest BCUT2D eigenvalue weighted by molar-refractivity contribution is 9.10. The molecule has 2 rings (SSSR count). The van der Waals surface area contributed by atoms with Crippen molar-refractivity contribution < 1.29 is 4.79 Å². The summed E-state index contributed by atoms with van der Waals surface area (Å²) in [4.78, 5) is 18.6. The Balaban J connectivity index is 2.11. The predicted octanol–water partition coefficient (Wildman–Crippen LogP) is 2.45. The van der Waals surface area contributed by atoms with Crippen LogP contribution in [0.2, 0.25) is 0 Å². The molecule has 1 aromatic rings. The van der Waals surface area contributed by atoms with Crippen LogP contribution in [-0.2, 0) is 0 Å². The molecule has 0 aromatic carbocycles. The van der Waals surface area contributed by atoms with Crippen LogP contribution in [0.4, 0.5) is 0 Å². The first-order chi connectivity index (χ1) is 9.08. The Hall–Kier alpha value is -0.940. The first-order valence-corrected chi connectivity index (χ1v) is 7.52. The van der Waals surface area contributed by atoms with E-state index in [1.54, 1.807) is 12.4 Å². The number of aromatic nitrogens is 1. The topological polar surface area (TPSA) is 45.2 Å². The summed E-state index contributed by atoms with van der Waals surface area (Å²) in [5, 5.41) is 3.44. The number of pyridine rings is 1. The number of carbonyl (C=O) groups excluding carboxylic acids is 1. The molecule has 1 saturated heterocycles. The lowest BCUT2D eigenvalue weighted by atomic mass is 10.1. The van der Waals surface area contributed by atoms with Crippen molar-refractivity contribution in [1.82, 2.24) is 15.2 Å². The number of hydrogen-bond donors (Lipinski definition) is 1. The third kappa shape index (κ3) is 3.76. The monoisotopic (exact) mass is 325 g/mol. The second-order valence-electron chi connectivity index (χ2n) is 5.24. The molecule has 1 unspecified atom stereocenters. The van der Waals surface area contributed by atoms with Gasteiger partial charge < -0.3 is 10.2 Å². The van der Waals surface area contributed by atoms with Gasteiger partial charge in [-0.3, -0.25) is 9.78 Å². The lowest BCUT2D eigenvalue weighted by Crippen LogP contribution is -2.44. The molecule has 1 amide bonds. The van der Waals surface area contributed by atoms with E-state index in [1.807, 2.05) is 11.0 Å². The zero-order valence-electron chi connectivity index (χ0n) is 11.4. The van der Waals surface area contributed by atoms with Crippen LogP contribution in [-0.4, -0.2) is 41.0 Å². The maximum Gasteiger partial charge on any atom is 0.255 e. The summed E-state index contributed by atoms with van der Waals surface area (Å²) in [6, 6.07) is 2.44. The maximum atomic E-state index is 12.6. The lowest BCUT2D eigenvalue weighted by molar-refractivity contribution is 0.0688. The molecule has 0 radical (unpaired) electrons. The minimum atomic E-state index is 0.0532. The van der Waals surface area contributed by atoms with Gasteiger partial charge in [-0.25, -0.2) is 0 Å². The minimum Gasteiger partial charge on any atom is -0.335 e. The van der Waals surface area contributed by atoms with Gasteiger partial charge >= 0.3 is 0 Å². The van der Waals surface area contributed by atoms with E-state index in [4.69, 9.17) is 0 Å². The Kier molecular flexibility index (Phi) is 4.93. The van der Waals surface area contributed by atoms with Crippen molar-refractivity contribution in [3.63, 3.8) is 0 Å². The van der Waals surface area contributed by atoms with Crippen molar-refractivity contribution >= 4 is 21.8 Å². The zero-order chi connectivity index (χ0) is 13.8. The molecule has 1 N–H and O–H groups in total. The molecule has 0 spiro atoms. The molecule has 1 aliphatic heterocycles. The van der Waals surface area contributed by atoms with Crippen LogP contribution in [0.25, 0.3) is 0 Å². The molecule has 1 atom stereocenters. The Labute approximate surface area is 122 Å². The van der Waals surface area contributed by atoms with Gasteiger partial charge in [0.25, 0.3) is 5.91 Å². The summed E-state index contributed by atoms with van der Waals surface area (Å²) in [5.74, 6) is 0.0532. The summed E-state index contributed by atoms with van der Waals surface area (Å²) in [7, 11) is 0. The Morgan fingerprint density at radius 3 is 2.95 bits per heavy atom. The molecule has 104 valence electrons. The SMILES string of the molecule is CC(C)N(CC1CCCN1)C(=O)c1cncc(Br)c1. The lowest BCUT2D eigenvalue weighted by Gasteiger charge is -2.29. The molecule has 0 aliphatic carbocycles. The van der Waals surface area contributed by atoms with Gasteiger partial charge in [0, 0.05) is 35.5 Å². The van der Waals surface area contributed by atoms with Crippen molar-refractivity contribution in [3.8, 4) is 0 Å². The van der Waals surface area contributed by atoms with E-state index in [0.717, 1.165) is 24.0 Å². The number of carbonyl (C=O) groups is 1. The molecular formula is C14H20BrN3O. The minimum absolute atomic E-state index is 0.0532. The molecule has 5 heteroatoms. The third-order valence-corrected chi connectivity index (χ3v) is 3.85. The van der Waals surface area contributed by atoms with Crippen molar-refractivity contribution in [3.05, 3.63) is 28.5 Å². The number of amides is 1. The average Bonchev–Trinajstić information content (AvgIpc) is 2.87. The van der Waals surface area contributed by atoms with E-state index in [9.17, 15) is 4.79 Å². The number of nitrogens with zero attached hydrogens (tertiary/aromatic N) is 2. The third-order valence-electron chi connectivity index (χ3n) is 3.42. The quantitative estimate of drug-likeness (QED) is 0.924. The Morgan fingerprint density at radius 1 is 1.58 bits per heavy atom. The fraction of sp³-hybridized carbons (Fsp3) is 0.571. The molecule has 4 nitrogen and oxygen atoms in total. The summed E-state index contributed by atoms with van der Waals surface area (Å²) >= 11 is 3.36. The molecule has 1 fully saturated rings. The van der Waals surface area contributed by atoms with Crippen molar-refractivity contribution in [2.75, 3.05) is 13.1 Å². The largest absolute Gasteiger partial charge is 0.335 e. The Bertz CT molecular complexity index is 444. The van der Waals surface area contributed by atoms with Gasteiger partial charge in [-0.05, 0) is 55.2 Å². The van der Waals surface area contributed by atoms with E-state index in [2.05, 4.69) is 40.1 Å². The molecule has 19 heavy (non-hydrogen) atoms. The van der Waals surface area contributed by atoms with Crippen LogP contribution in [0, 0.1) is 0 Å². The standard InChI is InChI=1S/C14H20BrN3O/c1-10(2)18(9-13-4-3-5-17-13)14(19)11-6-12(15)8-16-7-11/h6-8,10,13,17H,3-5,9H2,1-2H3. The zero-order valence-corrected chi connectivity index (χ0v) is 13.0. The van der Waals surface area contributed by atoms with Crippen LogP contribution in [0.1, 0.15) is 37.0 Å². The number of nitrogens with one attached hydrogen (secondary N) is 1. The molecule has 0 bridgehead atoms. The normalized spacial score (nSPS) is 18.8. The first kappa shape index (κ1) is 14.5. The van der Waals surface area contributed by atoms with Gasteiger partial charge in [-0.15, -0.1) is 0 Å².